The fourth-order valence-electron chi connectivity index (χ4n) is 1.40. The van der Waals surface area contributed by atoms with Crippen molar-refractivity contribution < 1.29 is 4.42 Å². The van der Waals surface area contributed by atoms with E-state index in [1.807, 2.05) is 58.9 Å². The van der Waals surface area contributed by atoms with Crippen LogP contribution in [0.15, 0.2) is 33.5 Å². The molecule has 0 aliphatic heterocycles. The van der Waals surface area contributed by atoms with Crippen LogP contribution < -0.4 is 5.63 Å². The molecule has 0 amide bonds. The Balaban J connectivity index is 0. The predicted octanol–water partition coefficient (Wildman–Crippen LogP) is 5.88. The second-order valence-corrected chi connectivity index (χ2v) is 3.84. The third-order valence-corrected chi connectivity index (χ3v) is 2.36. The molecule has 0 bridgehead atoms. The van der Waals surface area contributed by atoms with E-state index in [2.05, 4.69) is 13.8 Å². The van der Waals surface area contributed by atoms with Gasteiger partial charge in [0.2, 0.25) is 0 Å². The molecule has 0 saturated heterocycles. The van der Waals surface area contributed by atoms with Crippen molar-refractivity contribution in [2.45, 2.75) is 61.8 Å². The molecule has 1 heterocycles. The van der Waals surface area contributed by atoms with E-state index in [1.165, 1.54) is 6.42 Å². The van der Waals surface area contributed by atoms with Gasteiger partial charge in [0, 0.05) is 10.9 Å². The Morgan fingerprint density at radius 2 is 1.35 bits per heavy atom. The van der Waals surface area contributed by atoms with E-state index >= 15 is 0 Å². The molecule has 0 aliphatic carbocycles. The SMILES string of the molecule is CC.CC.CCC.Cc1c(C)c2ccccc2oc1=O. The number of aryl methyl sites for hydroxylation is 1. The smallest absolute Gasteiger partial charge is 0.339 e. The summed E-state index contributed by atoms with van der Waals surface area (Å²) in [7, 11) is 0. The van der Waals surface area contributed by atoms with Crippen LogP contribution in [0.4, 0.5) is 0 Å². The maximum Gasteiger partial charge on any atom is 0.339 e. The molecular weight excluding hydrogens is 248 g/mol. The molecule has 0 fully saturated rings. The van der Waals surface area contributed by atoms with E-state index in [0.717, 1.165) is 10.9 Å². The highest BCUT2D eigenvalue weighted by Gasteiger charge is 2.05. The zero-order valence-corrected chi connectivity index (χ0v) is 14.3. The predicted molar refractivity (Wildman–Crippen MR) is 90.6 cm³/mol. The number of hydrogen-bond acceptors (Lipinski definition) is 2. The molecule has 0 N–H and O–H groups in total. The van der Waals surface area contributed by atoms with Gasteiger partial charge in [-0.25, -0.2) is 4.79 Å². The summed E-state index contributed by atoms with van der Waals surface area (Å²) in [5.74, 6) is 0. The summed E-state index contributed by atoms with van der Waals surface area (Å²) >= 11 is 0. The first kappa shape index (κ1) is 20.7. The van der Waals surface area contributed by atoms with Crippen molar-refractivity contribution in [3.05, 3.63) is 45.8 Å². The Morgan fingerprint density at radius 1 is 0.900 bits per heavy atom. The van der Waals surface area contributed by atoms with Gasteiger partial charge in [0.05, 0.1) is 0 Å². The largest absolute Gasteiger partial charge is 0.423 e. The molecule has 2 aromatic rings. The Labute approximate surface area is 123 Å². The number of fused-ring (bicyclic) bond motifs is 1. The maximum absolute atomic E-state index is 11.3. The standard InChI is InChI=1S/C11H10O2.C3H8.2C2H6/c1-7-8(2)11(12)13-10-6-4-3-5-9(7)10;1-3-2;2*1-2/h3-6H,1-2H3;3H2,1-2H3;2*1-2H3. The zero-order valence-electron chi connectivity index (χ0n) is 14.3. The Hall–Kier alpha value is -1.57. The van der Waals surface area contributed by atoms with Crippen molar-refractivity contribution in [2.75, 3.05) is 0 Å². The molecule has 0 aliphatic rings. The minimum absolute atomic E-state index is 0.240. The average Bonchev–Trinajstić information content (AvgIpc) is 2.50. The molecule has 2 heteroatoms. The summed E-state index contributed by atoms with van der Waals surface area (Å²) in [6.45, 7) is 16.0. The van der Waals surface area contributed by atoms with Gasteiger partial charge in [0.25, 0.3) is 0 Å². The highest BCUT2D eigenvalue weighted by Crippen LogP contribution is 2.17. The minimum Gasteiger partial charge on any atom is -0.423 e. The van der Waals surface area contributed by atoms with Crippen molar-refractivity contribution in [1.29, 1.82) is 0 Å². The molecule has 0 unspecified atom stereocenters. The fraction of sp³-hybridized carbons (Fsp3) is 0.500. The molecule has 0 radical (unpaired) electrons. The van der Waals surface area contributed by atoms with Crippen LogP contribution in [-0.2, 0) is 0 Å². The van der Waals surface area contributed by atoms with Crippen molar-refractivity contribution in [3.8, 4) is 0 Å². The summed E-state index contributed by atoms with van der Waals surface area (Å²) in [5.41, 5.74) is 2.12. The lowest BCUT2D eigenvalue weighted by Crippen LogP contribution is -2.05. The van der Waals surface area contributed by atoms with Crippen LogP contribution in [0.5, 0.6) is 0 Å². The Morgan fingerprint density at radius 3 is 1.85 bits per heavy atom. The summed E-state index contributed by atoms with van der Waals surface area (Å²) in [5, 5.41) is 1.01. The number of hydrogen-bond donors (Lipinski definition) is 0. The van der Waals surface area contributed by atoms with Crippen LogP contribution in [0, 0.1) is 13.8 Å². The lowest BCUT2D eigenvalue weighted by Gasteiger charge is -2.02. The van der Waals surface area contributed by atoms with Gasteiger partial charge in [0.1, 0.15) is 5.58 Å². The third kappa shape index (κ3) is 6.05. The van der Waals surface area contributed by atoms with E-state index in [1.54, 1.807) is 6.92 Å². The number of benzene rings is 1. The molecule has 1 aromatic carbocycles. The molecule has 114 valence electrons. The van der Waals surface area contributed by atoms with Crippen molar-refractivity contribution in [3.63, 3.8) is 0 Å². The van der Waals surface area contributed by atoms with E-state index in [-0.39, 0.29) is 5.63 Å². The van der Waals surface area contributed by atoms with Gasteiger partial charge in [-0.05, 0) is 25.5 Å². The van der Waals surface area contributed by atoms with Gasteiger partial charge in [0.15, 0.2) is 0 Å². The highest BCUT2D eigenvalue weighted by atomic mass is 16.4. The van der Waals surface area contributed by atoms with Crippen molar-refractivity contribution in [2.24, 2.45) is 0 Å². The first-order valence-corrected chi connectivity index (χ1v) is 7.60. The van der Waals surface area contributed by atoms with Crippen molar-refractivity contribution >= 4 is 11.0 Å². The van der Waals surface area contributed by atoms with Crippen LogP contribution in [0.3, 0.4) is 0 Å². The van der Waals surface area contributed by atoms with Crippen LogP contribution in [0.25, 0.3) is 11.0 Å². The summed E-state index contributed by atoms with van der Waals surface area (Å²) in [6.07, 6.45) is 1.25. The lowest BCUT2D eigenvalue weighted by molar-refractivity contribution is 0.553. The molecule has 1 aromatic heterocycles. The number of rotatable bonds is 0. The minimum atomic E-state index is -0.240. The van der Waals surface area contributed by atoms with Crippen LogP contribution in [-0.4, -0.2) is 0 Å². The van der Waals surface area contributed by atoms with Gasteiger partial charge in [-0.3, -0.25) is 0 Å². The quantitative estimate of drug-likeness (QED) is 0.563. The molecule has 2 nitrogen and oxygen atoms in total. The highest BCUT2D eigenvalue weighted by molar-refractivity contribution is 5.80. The van der Waals surface area contributed by atoms with E-state index < -0.39 is 0 Å². The second-order valence-electron chi connectivity index (χ2n) is 3.84. The van der Waals surface area contributed by atoms with Crippen LogP contribution in [0.2, 0.25) is 0 Å². The summed E-state index contributed by atoms with van der Waals surface area (Å²) in [4.78, 5) is 11.3. The van der Waals surface area contributed by atoms with E-state index in [4.69, 9.17) is 4.42 Å². The van der Waals surface area contributed by atoms with E-state index in [9.17, 15) is 4.79 Å². The van der Waals surface area contributed by atoms with E-state index in [0.29, 0.717) is 11.1 Å². The summed E-state index contributed by atoms with van der Waals surface area (Å²) in [6, 6.07) is 7.57. The molecule has 0 saturated carbocycles. The average molecular weight is 278 g/mol. The fourth-order valence-corrected chi connectivity index (χ4v) is 1.40. The zero-order chi connectivity index (χ0) is 16.1. The lowest BCUT2D eigenvalue weighted by atomic mass is 10.1. The van der Waals surface area contributed by atoms with Gasteiger partial charge >= 0.3 is 5.63 Å². The van der Waals surface area contributed by atoms with Crippen LogP contribution in [0.1, 0.15) is 59.1 Å². The normalized spacial score (nSPS) is 8.40. The molecular formula is C18H30O2. The molecule has 2 rings (SSSR count). The van der Waals surface area contributed by atoms with Gasteiger partial charge < -0.3 is 4.42 Å². The first-order valence-electron chi connectivity index (χ1n) is 7.60. The van der Waals surface area contributed by atoms with Gasteiger partial charge in [-0.2, -0.15) is 0 Å². The Kier molecular flexibility index (Phi) is 12.9. The second kappa shape index (κ2) is 12.5. The van der Waals surface area contributed by atoms with Gasteiger partial charge in [-0.1, -0.05) is 66.2 Å². The molecule has 0 spiro atoms. The van der Waals surface area contributed by atoms with Crippen LogP contribution >= 0.6 is 0 Å². The molecule has 0 atom stereocenters. The maximum atomic E-state index is 11.3. The monoisotopic (exact) mass is 278 g/mol. The molecule has 20 heavy (non-hydrogen) atoms. The van der Waals surface area contributed by atoms with Crippen molar-refractivity contribution in [1.82, 2.24) is 0 Å². The topological polar surface area (TPSA) is 30.2 Å². The number of para-hydroxylation sites is 1. The summed E-state index contributed by atoms with van der Waals surface area (Å²) < 4.78 is 5.12. The van der Waals surface area contributed by atoms with Gasteiger partial charge in [-0.15, -0.1) is 0 Å². The third-order valence-electron chi connectivity index (χ3n) is 2.36. The Bertz CT molecular complexity index is 524. The first-order chi connectivity index (χ1) is 9.61.